The quantitative estimate of drug-likeness (QED) is 0.701. The van der Waals surface area contributed by atoms with Gasteiger partial charge in [-0.3, -0.25) is 9.59 Å². The number of hydrogen-bond donors (Lipinski definition) is 0. The van der Waals surface area contributed by atoms with Crippen LogP contribution in [0.1, 0.15) is 65.0 Å². The van der Waals surface area contributed by atoms with E-state index in [0.29, 0.717) is 18.1 Å². The van der Waals surface area contributed by atoms with Gasteiger partial charge in [-0.1, -0.05) is 27.7 Å². The summed E-state index contributed by atoms with van der Waals surface area (Å²) in [5.41, 5.74) is 0.530. The van der Waals surface area contributed by atoms with Crippen LogP contribution in [-0.2, 0) is 14.3 Å². The molecule has 7 atom stereocenters. The molecule has 1 aromatic rings. The summed E-state index contributed by atoms with van der Waals surface area (Å²) < 4.78 is 11.0. The summed E-state index contributed by atoms with van der Waals surface area (Å²) in [6.45, 7) is 8.78. The number of furan rings is 1. The van der Waals surface area contributed by atoms with Crippen molar-refractivity contribution in [1.82, 2.24) is 0 Å². The van der Waals surface area contributed by atoms with Crippen molar-refractivity contribution in [2.45, 2.75) is 59.5 Å². The first-order chi connectivity index (χ1) is 11.8. The second kappa shape index (κ2) is 5.46. The van der Waals surface area contributed by atoms with Gasteiger partial charge in [0.05, 0.1) is 18.4 Å². The third-order valence-corrected chi connectivity index (χ3v) is 7.77. The molecular formula is C21H28O4. The fourth-order valence-corrected chi connectivity index (χ4v) is 6.22. The molecule has 2 saturated carbocycles. The van der Waals surface area contributed by atoms with E-state index < -0.39 is 0 Å². The zero-order valence-electron chi connectivity index (χ0n) is 15.6. The lowest BCUT2D eigenvalue weighted by molar-refractivity contribution is -0.201. The molecule has 2 heterocycles. The molecule has 3 fully saturated rings. The average molecular weight is 344 g/mol. The lowest BCUT2D eigenvalue weighted by Gasteiger charge is -2.61. The third-order valence-electron chi connectivity index (χ3n) is 7.77. The number of fused-ring (bicyclic) bond motifs is 3. The minimum Gasteiger partial charge on any atom is -0.472 e. The number of esters is 1. The molecule has 1 saturated heterocycles. The van der Waals surface area contributed by atoms with Gasteiger partial charge >= 0.3 is 5.97 Å². The highest BCUT2D eigenvalue weighted by atomic mass is 16.5. The highest BCUT2D eigenvalue weighted by Crippen LogP contribution is 2.65. The van der Waals surface area contributed by atoms with E-state index in [4.69, 9.17) is 9.15 Å². The van der Waals surface area contributed by atoms with Gasteiger partial charge < -0.3 is 9.15 Å². The highest BCUT2D eigenvalue weighted by Gasteiger charge is 2.64. The minimum absolute atomic E-state index is 0.0204. The van der Waals surface area contributed by atoms with Gasteiger partial charge in [-0.15, -0.1) is 0 Å². The van der Waals surface area contributed by atoms with E-state index >= 15 is 0 Å². The topological polar surface area (TPSA) is 56.5 Å². The molecule has 0 radical (unpaired) electrons. The van der Waals surface area contributed by atoms with E-state index in [1.54, 1.807) is 12.5 Å². The number of cyclic esters (lactones) is 1. The van der Waals surface area contributed by atoms with Crippen LogP contribution in [0.3, 0.4) is 0 Å². The van der Waals surface area contributed by atoms with Crippen molar-refractivity contribution in [1.29, 1.82) is 0 Å². The third kappa shape index (κ3) is 2.25. The zero-order valence-corrected chi connectivity index (χ0v) is 15.6. The minimum atomic E-state index is -0.343. The van der Waals surface area contributed by atoms with E-state index in [-0.39, 0.29) is 40.7 Å². The Morgan fingerprint density at radius 1 is 1.16 bits per heavy atom. The van der Waals surface area contributed by atoms with Crippen LogP contribution in [0.15, 0.2) is 23.0 Å². The lowest BCUT2D eigenvalue weighted by atomic mass is 9.42. The molecular weight excluding hydrogens is 316 g/mol. The van der Waals surface area contributed by atoms with Crippen molar-refractivity contribution < 1.29 is 18.7 Å². The van der Waals surface area contributed by atoms with E-state index in [2.05, 4.69) is 27.7 Å². The molecule has 0 N–H and O–H groups in total. The van der Waals surface area contributed by atoms with Crippen LogP contribution in [-0.4, -0.2) is 11.8 Å². The molecule has 4 nitrogen and oxygen atoms in total. The first kappa shape index (κ1) is 16.9. The summed E-state index contributed by atoms with van der Waals surface area (Å²) in [4.78, 5) is 26.1. The smallest absolute Gasteiger partial charge is 0.310 e. The van der Waals surface area contributed by atoms with Crippen LogP contribution >= 0.6 is 0 Å². The summed E-state index contributed by atoms with van der Waals surface area (Å²) in [6, 6.07) is 1.86. The van der Waals surface area contributed by atoms with Crippen LogP contribution in [0.5, 0.6) is 0 Å². The van der Waals surface area contributed by atoms with Gasteiger partial charge in [0, 0.05) is 17.4 Å². The SMILES string of the molecule is C[C@@H]1C[C@H](C)C(=O)C2[C@@]1(C)CC[C@@H]1C(=O)O[C@H](c3ccoc3)C[C@]21C. The van der Waals surface area contributed by atoms with Crippen LogP contribution in [0.2, 0.25) is 0 Å². The molecule has 0 aromatic carbocycles. The van der Waals surface area contributed by atoms with Crippen molar-refractivity contribution in [3.63, 3.8) is 0 Å². The Kier molecular flexibility index (Phi) is 3.68. The highest BCUT2D eigenvalue weighted by molar-refractivity contribution is 5.87. The fourth-order valence-electron chi connectivity index (χ4n) is 6.22. The van der Waals surface area contributed by atoms with Gasteiger partial charge in [0.15, 0.2) is 0 Å². The van der Waals surface area contributed by atoms with E-state index in [9.17, 15) is 9.59 Å². The van der Waals surface area contributed by atoms with Crippen molar-refractivity contribution in [3.05, 3.63) is 24.2 Å². The van der Waals surface area contributed by atoms with E-state index in [1.807, 2.05) is 6.07 Å². The first-order valence-corrected chi connectivity index (χ1v) is 9.53. The lowest BCUT2D eigenvalue weighted by Crippen LogP contribution is -2.61. The van der Waals surface area contributed by atoms with Crippen molar-refractivity contribution >= 4 is 11.8 Å². The van der Waals surface area contributed by atoms with Crippen LogP contribution in [0.25, 0.3) is 0 Å². The second-order valence-electron chi connectivity index (χ2n) is 9.16. The molecule has 136 valence electrons. The molecule has 2 aliphatic carbocycles. The Hall–Kier alpha value is -1.58. The summed E-state index contributed by atoms with van der Waals surface area (Å²) in [6.07, 6.45) is 6.37. The van der Waals surface area contributed by atoms with Crippen molar-refractivity contribution in [2.24, 2.45) is 34.5 Å². The molecule has 0 amide bonds. The monoisotopic (exact) mass is 344 g/mol. The molecule has 0 bridgehead atoms. The number of carbonyl (C=O) groups is 2. The number of ketones is 1. The molecule has 3 aliphatic rings. The Morgan fingerprint density at radius 3 is 2.60 bits per heavy atom. The Bertz CT molecular complexity index is 693. The maximum Gasteiger partial charge on any atom is 0.310 e. The number of Topliss-reactive ketones (excluding diaryl/α,β-unsaturated/α-hetero) is 1. The Balaban J connectivity index is 1.78. The molecule has 4 rings (SSSR count). The van der Waals surface area contributed by atoms with Gasteiger partial charge in [-0.05, 0) is 48.5 Å². The van der Waals surface area contributed by atoms with Crippen molar-refractivity contribution in [2.75, 3.05) is 0 Å². The fraction of sp³-hybridized carbons (Fsp3) is 0.714. The van der Waals surface area contributed by atoms with Crippen LogP contribution in [0.4, 0.5) is 0 Å². The summed E-state index contributed by atoms with van der Waals surface area (Å²) in [7, 11) is 0. The normalized spacial score (nSPS) is 47.0. The zero-order chi connectivity index (χ0) is 18.0. The van der Waals surface area contributed by atoms with Gasteiger partial charge in [0.25, 0.3) is 0 Å². The maximum atomic E-state index is 13.3. The van der Waals surface area contributed by atoms with Crippen LogP contribution in [0, 0.1) is 34.5 Å². The summed E-state index contributed by atoms with van der Waals surface area (Å²) in [5, 5.41) is 0. The van der Waals surface area contributed by atoms with Gasteiger partial charge in [-0.25, -0.2) is 0 Å². The maximum absolute atomic E-state index is 13.3. The molecule has 1 aliphatic heterocycles. The molecule has 4 heteroatoms. The van der Waals surface area contributed by atoms with E-state index in [1.165, 1.54) is 0 Å². The van der Waals surface area contributed by atoms with Crippen molar-refractivity contribution in [3.8, 4) is 0 Å². The number of hydrogen-bond acceptors (Lipinski definition) is 4. The first-order valence-electron chi connectivity index (χ1n) is 9.53. The van der Waals surface area contributed by atoms with Gasteiger partial charge in [0.2, 0.25) is 0 Å². The van der Waals surface area contributed by atoms with Crippen LogP contribution < -0.4 is 0 Å². The Morgan fingerprint density at radius 2 is 1.92 bits per heavy atom. The predicted octanol–water partition coefficient (Wildman–Crippen LogP) is 4.55. The molecule has 0 spiro atoms. The second-order valence-corrected chi connectivity index (χ2v) is 9.16. The molecule has 1 aromatic heterocycles. The Labute approximate surface area is 149 Å². The standard InChI is InChI=1S/C21H28O4/c1-12-9-13(2)20(3)7-5-15-19(23)25-16(14-6-8-24-11-14)10-21(15,4)18(20)17(12)22/h6,8,11-13,15-16,18H,5,7,9-10H2,1-4H3/t12-,13+,15+,16-,18?,20-,21-/m0/s1. The molecule has 1 unspecified atom stereocenters. The number of carbonyl (C=O) groups excluding carboxylic acids is 2. The predicted molar refractivity (Wildman–Crippen MR) is 92.5 cm³/mol. The number of rotatable bonds is 1. The molecule has 25 heavy (non-hydrogen) atoms. The average Bonchev–Trinajstić information content (AvgIpc) is 3.06. The summed E-state index contributed by atoms with van der Waals surface area (Å²) in [5.74, 6) is 0.548. The van der Waals surface area contributed by atoms with Gasteiger partial charge in [0.1, 0.15) is 11.9 Å². The largest absolute Gasteiger partial charge is 0.472 e. The van der Waals surface area contributed by atoms with E-state index in [0.717, 1.165) is 24.8 Å². The van der Waals surface area contributed by atoms with Gasteiger partial charge in [-0.2, -0.15) is 0 Å². The number of ether oxygens (including phenoxy) is 1. The summed E-state index contributed by atoms with van der Waals surface area (Å²) >= 11 is 0.